The molecule has 0 aliphatic rings. The fourth-order valence-electron chi connectivity index (χ4n) is 19.8. The number of benzene rings is 19. The molecule has 12 nitrogen and oxygen atoms in total. The van der Waals surface area contributed by atoms with Crippen LogP contribution in [0.25, 0.3) is 269 Å². The summed E-state index contributed by atoms with van der Waals surface area (Å²) < 4.78 is 0. The SMILES string of the molecule is [C-]#[N+]c1ccc(-c2nc3ccccc3c3c2ccc2ccc4ncccc4c23)c2ccccc12.c1ccc(-c2cc(-c3ccccc3)nc(-c3ccc(-c4nc5ccccc5c5c4ccc4ncc6ccccc6c45)c4ccccc34)n2)cc1.c1ccc(-c2nc(-c3ccccc3)nc(-c3ccc(-c4nc5ccccc5c5c4ccc4ncc6ccccc6c45)c4ccccc34)n2)cc1. The first kappa shape index (κ1) is 77.9. The van der Waals surface area contributed by atoms with Crippen LogP contribution in [0.2, 0.25) is 0 Å². The van der Waals surface area contributed by atoms with Gasteiger partial charge in [-0.25, -0.2) is 44.7 Å². The lowest BCUT2D eigenvalue weighted by Gasteiger charge is -2.16. The molecule has 0 spiro atoms. The Morgan fingerprint density at radius 1 is 0.179 bits per heavy atom. The van der Waals surface area contributed by atoms with E-state index in [4.69, 9.17) is 56.4 Å². The molecule has 0 atom stereocenters. The van der Waals surface area contributed by atoms with Crippen molar-refractivity contribution >= 4 is 168 Å². The first-order valence-electron chi connectivity index (χ1n) is 44.7. The topological polar surface area (TPSA) is 146 Å². The number of pyridine rings is 6. The Morgan fingerprint density at radius 2 is 0.500 bits per heavy atom. The maximum Gasteiger partial charge on any atom is 0.194 e. The third-order valence-electron chi connectivity index (χ3n) is 25.9. The van der Waals surface area contributed by atoms with Crippen LogP contribution >= 0.6 is 0 Å². The van der Waals surface area contributed by atoms with Gasteiger partial charge in [-0.15, -0.1) is 0 Å². The number of fused-ring (bicyclic) bond motifs is 24. The Bertz CT molecular complexity index is 9030. The summed E-state index contributed by atoms with van der Waals surface area (Å²) in [6, 6.07) is 144. The Balaban J connectivity index is 0.000000110. The van der Waals surface area contributed by atoms with Crippen molar-refractivity contribution in [3.05, 3.63) is 449 Å². The molecule has 0 amide bonds. The van der Waals surface area contributed by atoms with Crippen LogP contribution in [0, 0.1) is 6.57 Å². The predicted octanol–water partition coefficient (Wildman–Crippen LogP) is 31.3. The van der Waals surface area contributed by atoms with E-state index in [0.29, 0.717) is 29.0 Å². The number of para-hydroxylation sites is 3. The third kappa shape index (κ3) is 13.4. The zero-order valence-electron chi connectivity index (χ0n) is 71.9. The van der Waals surface area contributed by atoms with Gasteiger partial charge in [-0.1, -0.05) is 346 Å². The molecular formula is C122H72N12. The Kier molecular flexibility index (Phi) is 19.0. The predicted molar refractivity (Wildman–Crippen MR) is 553 cm³/mol. The second kappa shape index (κ2) is 32.7. The Hall–Kier alpha value is -18.4. The summed E-state index contributed by atoms with van der Waals surface area (Å²) in [5, 5.41) is 26.9. The van der Waals surface area contributed by atoms with Gasteiger partial charge in [-0.3, -0.25) is 15.0 Å². The minimum absolute atomic E-state index is 0.625. The number of hydrogen-bond donors (Lipinski definition) is 0. The molecule has 0 saturated carbocycles. The van der Waals surface area contributed by atoms with Gasteiger partial charge in [0, 0.05) is 144 Å². The van der Waals surface area contributed by atoms with E-state index in [1.807, 2.05) is 158 Å². The molecule has 0 bridgehead atoms. The highest BCUT2D eigenvalue weighted by Crippen LogP contribution is 2.48. The summed E-state index contributed by atoms with van der Waals surface area (Å²) in [4.78, 5) is 59.4. The highest BCUT2D eigenvalue weighted by molar-refractivity contribution is 6.32. The monoisotopic (exact) mass is 1700 g/mol. The molecule has 0 aliphatic carbocycles. The van der Waals surface area contributed by atoms with Gasteiger partial charge < -0.3 is 0 Å². The van der Waals surface area contributed by atoms with Gasteiger partial charge in [0.05, 0.1) is 68.1 Å². The van der Waals surface area contributed by atoms with E-state index in [2.05, 4.69) is 289 Å². The van der Waals surface area contributed by atoms with Crippen molar-refractivity contribution in [2.75, 3.05) is 0 Å². The fourth-order valence-corrected chi connectivity index (χ4v) is 19.8. The van der Waals surface area contributed by atoms with Crippen LogP contribution < -0.4 is 0 Å². The van der Waals surface area contributed by atoms with Crippen molar-refractivity contribution in [2.24, 2.45) is 0 Å². The van der Waals surface area contributed by atoms with Crippen LogP contribution in [-0.4, -0.2) is 54.8 Å². The molecule has 27 rings (SSSR count). The van der Waals surface area contributed by atoms with Gasteiger partial charge >= 0.3 is 0 Å². The van der Waals surface area contributed by atoms with Crippen LogP contribution in [0.3, 0.4) is 0 Å². The molecule has 620 valence electrons. The number of aromatic nitrogens is 11. The molecule has 0 unspecified atom stereocenters. The highest BCUT2D eigenvalue weighted by Gasteiger charge is 2.25. The Labute approximate surface area is 768 Å². The number of nitrogens with zero attached hydrogens (tertiary/aromatic N) is 12. The fraction of sp³-hybridized carbons (Fsp3) is 0. The first-order chi connectivity index (χ1) is 66.4. The van der Waals surface area contributed by atoms with Crippen LogP contribution in [0.5, 0.6) is 0 Å². The normalized spacial score (nSPS) is 11.6. The van der Waals surface area contributed by atoms with E-state index >= 15 is 0 Å². The molecule has 19 aromatic carbocycles. The molecule has 12 heteroatoms. The molecule has 0 aliphatic heterocycles. The number of rotatable bonds is 9. The maximum atomic E-state index is 7.61. The average molecular weight is 1710 g/mol. The Morgan fingerprint density at radius 3 is 0.955 bits per heavy atom. The largest absolute Gasteiger partial charge is 0.256 e. The second-order valence-electron chi connectivity index (χ2n) is 33.5. The van der Waals surface area contributed by atoms with Crippen molar-refractivity contribution in [3.8, 4) is 102 Å². The first-order valence-corrected chi connectivity index (χ1v) is 44.7. The summed E-state index contributed by atoms with van der Waals surface area (Å²) in [6.07, 6.45) is 5.78. The van der Waals surface area contributed by atoms with Crippen molar-refractivity contribution < 1.29 is 0 Å². The molecule has 0 radical (unpaired) electrons. The van der Waals surface area contributed by atoms with E-state index in [-0.39, 0.29) is 0 Å². The molecule has 134 heavy (non-hydrogen) atoms. The van der Waals surface area contributed by atoms with Gasteiger partial charge in [0.1, 0.15) is 0 Å². The lowest BCUT2D eigenvalue weighted by molar-refractivity contribution is 1.08. The van der Waals surface area contributed by atoms with Gasteiger partial charge in [-0.2, -0.15) is 0 Å². The second-order valence-corrected chi connectivity index (χ2v) is 33.5. The molecule has 27 aromatic rings. The van der Waals surface area contributed by atoms with Gasteiger partial charge in [0.15, 0.2) is 29.0 Å². The quantitative estimate of drug-likeness (QED) is 0.100. The van der Waals surface area contributed by atoms with Crippen LogP contribution in [0.1, 0.15) is 0 Å². The van der Waals surface area contributed by atoms with Gasteiger partial charge in [0.25, 0.3) is 0 Å². The highest BCUT2D eigenvalue weighted by atomic mass is 15.0. The van der Waals surface area contributed by atoms with Crippen molar-refractivity contribution in [2.45, 2.75) is 0 Å². The zero-order valence-corrected chi connectivity index (χ0v) is 71.9. The third-order valence-corrected chi connectivity index (χ3v) is 25.9. The van der Waals surface area contributed by atoms with Gasteiger partial charge in [0.2, 0.25) is 0 Å². The van der Waals surface area contributed by atoms with Crippen LogP contribution in [0.15, 0.2) is 437 Å². The average Bonchev–Trinajstić information content (AvgIpc) is 0.727. The van der Waals surface area contributed by atoms with Crippen molar-refractivity contribution in [1.29, 1.82) is 0 Å². The molecule has 8 heterocycles. The molecule has 0 saturated heterocycles. The van der Waals surface area contributed by atoms with Crippen molar-refractivity contribution in [3.63, 3.8) is 0 Å². The van der Waals surface area contributed by atoms with Gasteiger partial charge in [-0.05, 0) is 127 Å². The maximum absolute atomic E-state index is 7.61. The van der Waals surface area contributed by atoms with E-state index in [0.717, 1.165) is 209 Å². The van der Waals surface area contributed by atoms with Crippen molar-refractivity contribution in [1.82, 2.24) is 54.8 Å². The van der Waals surface area contributed by atoms with E-state index in [1.165, 1.54) is 32.3 Å². The molecule has 8 aromatic heterocycles. The molecule has 0 N–H and O–H groups in total. The van der Waals surface area contributed by atoms with Crippen LogP contribution in [-0.2, 0) is 0 Å². The summed E-state index contributed by atoms with van der Waals surface area (Å²) in [5.41, 5.74) is 20.1. The lowest BCUT2D eigenvalue weighted by atomic mass is 9.91. The van der Waals surface area contributed by atoms with Crippen LogP contribution in [0.4, 0.5) is 5.69 Å². The molecular weight excluding hydrogens is 1630 g/mol. The number of hydrogen-bond acceptors (Lipinski definition) is 11. The molecule has 0 fully saturated rings. The zero-order chi connectivity index (χ0) is 88.7. The van der Waals surface area contributed by atoms with E-state index in [9.17, 15) is 0 Å². The summed E-state index contributed by atoms with van der Waals surface area (Å²) in [7, 11) is 0. The summed E-state index contributed by atoms with van der Waals surface area (Å²) in [6.45, 7) is 7.61. The smallest absolute Gasteiger partial charge is 0.194 e. The minimum Gasteiger partial charge on any atom is -0.256 e. The minimum atomic E-state index is 0.625. The summed E-state index contributed by atoms with van der Waals surface area (Å²) >= 11 is 0. The lowest BCUT2D eigenvalue weighted by Crippen LogP contribution is -2.01. The summed E-state index contributed by atoms with van der Waals surface area (Å²) in [5.74, 6) is 2.59. The van der Waals surface area contributed by atoms with E-state index in [1.54, 1.807) is 0 Å². The standard InChI is InChI=1S/C46H28N4.C45H27N5.C31H17N3/c1-3-13-29(14-4-1)41-27-42(30-15-5-2-6-16-30)50-46(49-41)36-24-23-35(33-19-9-10-20-34(33)36)45-38-25-26-40-44(32-18-8-7-17-31(32)28-47-40)43(38)37-21-11-12-22-39(37)48-45;1-3-13-28(14-4-1)43-48-44(29-15-5-2-6-16-29)50-45(49-43)35-24-23-34(32-19-9-10-20-33(32)35)42-37-25-26-39-41(31-18-8-7-17-30(31)27-46-39)40(37)36-21-11-12-22-38(36)47-42;1-32-26-17-15-22(20-7-2-3-8-21(20)26)31-25-14-12-19-13-16-27-23(10-6-18-33-27)29(19)30(25)24-9-4-5-11-28(24)34-31/h1-28H;1-27H;2-18H. The van der Waals surface area contributed by atoms with E-state index < -0.39 is 0 Å².